The quantitative estimate of drug-likeness (QED) is 0.790. The van der Waals surface area contributed by atoms with E-state index in [2.05, 4.69) is 27.5 Å². The van der Waals surface area contributed by atoms with Gasteiger partial charge in [-0.15, -0.1) is 11.3 Å². The van der Waals surface area contributed by atoms with E-state index in [1.807, 2.05) is 0 Å². The van der Waals surface area contributed by atoms with Gasteiger partial charge in [-0.2, -0.15) is 0 Å². The third kappa shape index (κ3) is 4.72. The maximum Gasteiger partial charge on any atom is 0.185 e. The minimum atomic E-state index is 0.745. The Labute approximate surface area is 119 Å². The molecular formula is C13H24N4OS. The molecule has 2 rings (SSSR count). The van der Waals surface area contributed by atoms with Gasteiger partial charge in [-0.05, 0) is 20.0 Å². The number of ether oxygens (including phenoxy) is 1. The Hall–Kier alpha value is -0.690. The van der Waals surface area contributed by atoms with E-state index in [0.29, 0.717) is 0 Å². The lowest BCUT2D eigenvalue weighted by atomic mass is 10.4. The molecule has 0 atom stereocenters. The van der Waals surface area contributed by atoms with Crippen LogP contribution in [0.4, 0.5) is 5.13 Å². The topological polar surface area (TPSA) is 40.6 Å². The summed E-state index contributed by atoms with van der Waals surface area (Å²) >= 11 is 1.76. The van der Waals surface area contributed by atoms with Crippen LogP contribution < -0.4 is 10.2 Å². The van der Waals surface area contributed by atoms with Crippen molar-refractivity contribution in [2.45, 2.75) is 13.0 Å². The van der Waals surface area contributed by atoms with Crippen molar-refractivity contribution in [3.63, 3.8) is 0 Å². The van der Waals surface area contributed by atoms with Crippen molar-refractivity contribution in [3.05, 3.63) is 11.1 Å². The third-order valence-corrected chi connectivity index (χ3v) is 4.27. The highest BCUT2D eigenvalue weighted by molar-refractivity contribution is 7.13. The number of hydrogen-bond donors (Lipinski definition) is 1. The SMILES string of the molecule is COCCNCc1csc(N2CCCN(C)CC2)n1. The Morgan fingerprint density at radius 2 is 2.26 bits per heavy atom. The fourth-order valence-corrected chi connectivity index (χ4v) is 3.03. The van der Waals surface area contributed by atoms with E-state index in [-0.39, 0.29) is 0 Å². The van der Waals surface area contributed by atoms with Crippen LogP contribution in [0.15, 0.2) is 5.38 Å². The van der Waals surface area contributed by atoms with Crippen molar-refractivity contribution in [3.8, 4) is 0 Å². The third-order valence-electron chi connectivity index (χ3n) is 3.32. The molecule has 1 aliphatic heterocycles. The summed E-state index contributed by atoms with van der Waals surface area (Å²) < 4.78 is 5.01. The van der Waals surface area contributed by atoms with Crippen LogP contribution >= 0.6 is 11.3 Å². The number of aromatic nitrogens is 1. The van der Waals surface area contributed by atoms with Crippen molar-refractivity contribution in [2.75, 3.05) is 58.4 Å². The Morgan fingerprint density at radius 3 is 3.11 bits per heavy atom. The first-order valence-electron chi connectivity index (χ1n) is 6.87. The van der Waals surface area contributed by atoms with Crippen LogP contribution in [0.5, 0.6) is 0 Å². The Morgan fingerprint density at radius 1 is 1.37 bits per heavy atom. The van der Waals surface area contributed by atoms with Crippen LogP contribution in [0, 0.1) is 0 Å². The minimum Gasteiger partial charge on any atom is -0.383 e. The fraction of sp³-hybridized carbons (Fsp3) is 0.769. The van der Waals surface area contributed by atoms with Gasteiger partial charge < -0.3 is 19.9 Å². The molecule has 2 heterocycles. The average Bonchev–Trinajstić information content (AvgIpc) is 2.77. The van der Waals surface area contributed by atoms with Gasteiger partial charge in [-0.3, -0.25) is 0 Å². The van der Waals surface area contributed by atoms with Crippen LogP contribution in [0.3, 0.4) is 0 Å². The number of likely N-dealkylation sites (N-methyl/N-ethyl adjacent to an activating group) is 1. The molecule has 1 N–H and O–H groups in total. The predicted octanol–water partition coefficient (Wildman–Crippen LogP) is 1.02. The first-order chi connectivity index (χ1) is 9.29. The van der Waals surface area contributed by atoms with Crippen molar-refractivity contribution < 1.29 is 4.74 Å². The summed E-state index contributed by atoms with van der Waals surface area (Å²) in [5, 5.41) is 6.65. The van der Waals surface area contributed by atoms with Gasteiger partial charge in [-0.1, -0.05) is 0 Å². The second-order valence-corrected chi connectivity index (χ2v) is 5.77. The molecule has 5 nitrogen and oxygen atoms in total. The standard InChI is InChI=1S/C13H24N4OS/c1-16-5-3-6-17(8-7-16)13-15-12(11-19-13)10-14-4-9-18-2/h11,14H,3-10H2,1-2H3. The monoisotopic (exact) mass is 284 g/mol. The van der Waals surface area contributed by atoms with Gasteiger partial charge in [0.1, 0.15) is 0 Å². The Bertz CT molecular complexity index is 371. The molecule has 19 heavy (non-hydrogen) atoms. The summed E-state index contributed by atoms with van der Waals surface area (Å²) in [6.45, 7) is 6.96. The van der Waals surface area contributed by atoms with Crippen molar-refractivity contribution in [2.24, 2.45) is 0 Å². The van der Waals surface area contributed by atoms with Gasteiger partial charge in [0.15, 0.2) is 5.13 Å². The number of nitrogens with zero attached hydrogens (tertiary/aromatic N) is 3. The van der Waals surface area contributed by atoms with E-state index in [1.165, 1.54) is 18.1 Å². The van der Waals surface area contributed by atoms with Crippen molar-refractivity contribution in [1.82, 2.24) is 15.2 Å². The molecule has 1 aromatic heterocycles. The number of thiazole rings is 1. The summed E-state index contributed by atoms with van der Waals surface area (Å²) in [4.78, 5) is 9.52. The summed E-state index contributed by atoms with van der Waals surface area (Å²) in [5.74, 6) is 0. The zero-order chi connectivity index (χ0) is 13.5. The lowest BCUT2D eigenvalue weighted by Gasteiger charge is -2.19. The van der Waals surface area contributed by atoms with Crippen molar-refractivity contribution in [1.29, 1.82) is 0 Å². The second-order valence-electron chi connectivity index (χ2n) is 4.93. The highest BCUT2D eigenvalue weighted by Crippen LogP contribution is 2.21. The Balaban J connectivity index is 1.82. The number of nitrogens with one attached hydrogen (secondary N) is 1. The van der Waals surface area contributed by atoms with E-state index >= 15 is 0 Å². The van der Waals surface area contributed by atoms with Crippen LogP contribution in [-0.2, 0) is 11.3 Å². The molecule has 1 saturated heterocycles. The highest BCUT2D eigenvalue weighted by Gasteiger charge is 2.15. The number of anilines is 1. The summed E-state index contributed by atoms with van der Waals surface area (Å²) in [7, 11) is 3.91. The first kappa shape index (κ1) is 14.7. The maximum absolute atomic E-state index is 5.01. The maximum atomic E-state index is 5.01. The molecule has 0 aliphatic carbocycles. The summed E-state index contributed by atoms with van der Waals surface area (Å²) in [6, 6.07) is 0. The van der Waals surface area contributed by atoms with Crippen LogP contribution in [0.25, 0.3) is 0 Å². The van der Waals surface area contributed by atoms with Crippen LogP contribution in [0.1, 0.15) is 12.1 Å². The molecular weight excluding hydrogens is 260 g/mol. The normalized spacial score (nSPS) is 17.7. The highest BCUT2D eigenvalue weighted by atomic mass is 32.1. The molecule has 1 fully saturated rings. The second kappa shape index (κ2) is 7.79. The van der Waals surface area contributed by atoms with E-state index in [4.69, 9.17) is 9.72 Å². The lowest BCUT2D eigenvalue weighted by molar-refractivity contribution is 0.199. The molecule has 6 heteroatoms. The molecule has 1 aliphatic rings. The van der Waals surface area contributed by atoms with E-state index < -0.39 is 0 Å². The Kier molecular flexibility index (Phi) is 6.03. The summed E-state index contributed by atoms with van der Waals surface area (Å²) in [5.41, 5.74) is 1.13. The molecule has 0 radical (unpaired) electrons. The van der Waals surface area contributed by atoms with Gasteiger partial charge in [0.05, 0.1) is 12.3 Å². The molecule has 0 aromatic carbocycles. The van der Waals surface area contributed by atoms with Gasteiger partial charge in [-0.25, -0.2) is 4.98 Å². The largest absolute Gasteiger partial charge is 0.383 e. The molecule has 1 aromatic rings. The number of hydrogen-bond acceptors (Lipinski definition) is 6. The first-order valence-corrected chi connectivity index (χ1v) is 7.75. The van der Waals surface area contributed by atoms with E-state index in [9.17, 15) is 0 Å². The van der Waals surface area contributed by atoms with Crippen LogP contribution in [0.2, 0.25) is 0 Å². The number of methoxy groups -OCH3 is 1. The lowest BCUT2D eigenvalue weighted by Crippen LogP contribution is -2.28. The fourth-order valence-electron chi connectivity index (χ4n) is 2.15. The van der Waals surface area contributed by atoms with Gasteiger partial charge in [0, 0.05) is 45.2 Å². The molecule has 0 spiro atoms. The minimum absolute atomic E-state index is 0.745. The molecule has 108 valence electrons. The zero-order valence-electron chi connectivity index (χ0n) is 11.9. The van der Waals surface area contributed by atoms with Gasteiger partial charge in [0.25, 0.3) is 0 Å². The molecule has 0 saturated carbocycles. The molecule has 0 bridgehead atoms. The van der Waals surface area contributed by atoms with E-state index in [1.54, 1.807) is 18.4 Å². The number of rotatable bonds is 6. The van der Waals surface area contributed by atoms with Crippen molar-refractivity contribution >= 4 is 16.5 Å². The predicted molar refractivity (Wildman–Crippen MR) is 80.0 cm³/mol. The van der Waals surface area contributed by atoms with Gasteiger partial charge in [0.2, 0.25) is 0 Å². The molecule has 0 amide bonds. The molecule has 0 unspecified atom stereocenters. The van der Waals surface area contributed by atoms with Gasteiger partial charge >= 0.3 is 0 Å². The average molecular weight is 284 g/mol. The zero-order valence-corrected chi connectivity index (χ0v) is 12.7. The summed E-state index contributed by atoms with van der Waals surface area (Å²) in [6.07, 6.45) is 1.22. The van der Waals surface area contributed by atoms with E-state index in [0.717, 1.165) is 45.0 Å². The van der Waals surface area contributed by atoms with Crippen LogP contribution in [-0.4, -0.2) is 63.4 Å². The smallest absolute Gasteiger partial charge is 0.185 e.